The summed E-state index contributed by atoms with van der Waals surface area (Å²) in [5, 5.41) is 13.7. The van der Waals surface area contributed by atoms with Crippen LogP contribution in [0.15, 0.2) is 36.9 Å². The van der Waals surface area contributed by atoms with Crippen molar-refractivity contribution in [2.75, 3.05) is 6.54 Å². The van der Waals surface area contributed by atoms with Gasteiger partial charge in [-0.1, -0.05) is 6.07 Å². The van der Waals surface area contributed by atoms with Crippen molar-refractivity contribution in [3.8, 4) is 0 Å². The molecule has 0 spiro atoms. The lowest BCUT2D eigenvalue weighted by atomic mass is 10.0. The average molecular weight is 311 g/mol. The Balaban J connectivity index is 1.77. The van der Waals surface area contributed by atoms with Crippen molar-refractivity contribution in [1.29, 1.82) is 0 Å². The molecule has 0 saturated carbocycles. The number of amides is 1. The lowest BCUT2D eigenvalue weighted by molar-refractivity contribution is -0.143. The van der Waals surface area contributed by atoms with Gasteiger partial charge in [-0.05, 0) is 12.1 Å². The molecule has 1 amide bonds. The van der Waals surface area contributed by atoms with Crippen LogP contribution in [0.1, 0.15) is 27.8 Å². The number of hydrogen-bond donors (Lipinski definition) is 2. The van der Waals surface area contributed by atoms with Crippen LogP contribution in [-0.4, -0.2) is 48.0 Å². The van der Waals surface area contributed by atoms with Gasteiger partial charge in [0, 0.05) is 24.9 Å². The van der Waals surface area contributed by atoms with Crippen molar-refractivity contribution in [2.45, 2.75) is 12.5 Å². The third kappa shape index (κ3) is 1.99. The largest absolute Gasteiger partial charge is 0.479 e. The van der Waals surface area contributed by atoms with E-state index in [9.17, 15) is 14.7 Å². The molecule has 1 aliphatic heterocycles. The quantitative estimate of drug-likeness (QED) is 0.731. The monoisotopic (exact) mass is 311 g/mol. The van der Waals surface area contributed by atoms with Crippen LogP contribution in [0.4, 0.5) is 0 Å². The summed E-state index contributed by atoms with van der Waals surface area (Å²) in [6.45, 7) is 0.315. The summed E-state index contributed by atoms with van der Waals surface area (Å²) in [7, 11) is 0. The van der Waals surface area contributed by atoms with Crippen molar-refractivity contribution < 1.29 is 14.7 Å². The highest BCUT2D eigenvalue weighted by molar-refractivity contribution is 6.02. The maximum absolute atomic E-state index is 12.9. The molecule has 0 fully saturated rings. The summed E-state index contributed by atoms with van der Waals surface area (Å²) in [6, 6.07) is 4.31. The second kappa shape index (κ2) is 4.94. The number of aromatic nitrogens is 4. The normalized spacial score (nSPS) is 17.2. The van der Waals surface area contributed by atoms with E-state index in [0.29, 0.717) is 29.7 Å². The predicted molar refractivity (Wildman–Crippen MR) is 78.9 cm³/mol. The number of H-pyrrole nitrogens is 1. The number of hydrogen-bond acceptors (Lipinski definition) is 4. The molecule has 0 aliphatic carbocycles. The number of aromatic amines is 1. The fourth-order valence-electron chi connectivity index (χ4n) is 3.00. The van der Waals surface area contributed by atoms with Gasteiger partial charge in [-0.25, -0.2) is 14.3 Å². The molecule has 1 aliphatic rings. The van der Waals surface area contributed by atoms with Crippen molar-refractivity contribution in [3.63, 3.8) is 0 Å². The highest BCUT2D eigenvalue weighted by Crippen LogP contribution is 2.29. The van der Waals surface area contributed by atoms with Crippen LogP contribution in [0.3, 0.4) is 0 Å². The highest BCUT2D eigenvalue weighted by atomic mass is 16.4. The molecule has 3 aromatic rings. The summed E-state index contributed by atoms with van der Waals surface area (Å²) in [4.78, 5) is 33.0. The Morgan fingerprint density at radius 3 is 3.04 bits per heavy atom. The second-order valence-corrected chi connectivity index (χ2v) is 5.34. The van der Waals surface area contributed by atoms with Crippen LogP contribution in [-0.2, 0) is 11.2 Å². The molecule has 4 heterocycles. The van der Waals surface area contributed by atoms with Gasteiger partial charge in [0.1, 0.15) is 0 Å². The highest BCUT2D eigenvalue weighted by Gasteiger charge is 2.38. The maximum atomic E-state index is 12.9. The topological polar surface area (TPSA) is 104 Å². The number of carbonyl (C=O) groups is 2. The van der Waals surface area contributed by atoms with Gasteiger partial charge in [0.05, 0.1) is 29.3 Å². The van der Waals surface area contributed by atoms with Gasteiger partial charge in [-0.15, -0.1) is 0 Å². The van der Waals surface area contributed by atoms with E-state index in [0.717, 1.165) is 5.69 Å². The van der Waals surface area contributed by atoms with E-state index < -0.39 is 12.0 Å². The first-order valence-corrected chi connectivity index (χ1v) is 7.15. The molecular formula is C15H13N5O3. The number of carbonyl (C=O) groups excluding carboxylic acids is 1. The zero-order valence-corrected chi connectivity index (χ0v) is 12.0. The minimum atomic E-state index is -1.09. The van der Waals surface area contributed by atoms with Gasteiger partial charge < -0.3 is 15.0 Å². The van der Waals surface area contributed by atoms with Crippen LogP contribution in [0.5, 0.6) is 0 Å². The van der Waals surface area contributed by atoms with Gasteiger partial charge in [0.2, 0.25) is 0 Å². The van der Waals surface area contributed by atoms with Crippen molar-refractivity contribution >= 4 is 17.4 Å². The molecule has 3 aromatic heterocycles. The standard InChI is InChI=1S/C15H13N5O3/c21-14(9-7-18-20-5-2-1-3-11(9)20)19-6-4-10-12(17-8-16-10)13(19)15(22)23/h1-3,5,7-8,13H,4,6H2,(H,16,17)(H,22,23)/t13-/m1/s1. The Morgan fingerprint density at radius 2 is 2.22 bits per heavy atom. The van der Waals surface area contributed by atoms with Crippen LogP contribution in [0.25, 0.3) is 5.52 Å². The number of aliphatic carboxylic acids is 1. The number of carboxylic acids is 1. The Hall–Kier alpha value is -3.16. The van der Waals surface area contributed by atoms with Gasteiger partial charge in [0.25, 0.3) is 5.91 Å². The molecule has 1 atom stereocenters. The number of nitrogens with zero attached hydrogens (tertiary/aromatic N) is 4. The van der Waals surface area contributed by atoms with Gasteiger partial charge in [-0.2, -0.15) is 5.10 Å². The molecule has 0 unspecified atom stereocenters. The molecule has 0 bridgehead atoms. The van der Waals surface area contributed by atoms with E-state index in [-0.39, 0.29) is 5.91 Å². The van der Waals surface area contributed by atoms with E-state index >= 15 is 0 Å². The van der Waals surface area contributed by atoms with E-state index in [1.807, 2.05) is 12.1 Å². The van der Waals surface area contributed by atoms with Gasteiger partial charge in [0.15, 0.2) is 6.04 Å². The molecule has 8 heteroatoms. The molecule has 0 radical (unpaired) electrons. The third-order valence-corrected chi connectivity index (χ3v) is 4.08. The second-order valence-electron chi connectivity index (χ2n) is 5.34. The van der Waals surface area contributed by atoms with Gasteiger partial charge in [-0.3, -0.25) is 4.79 Å². The first-order chi connectivity index (χ1) is 11.2. The minimum Gasteiger partial charge on any atom is -0.479 e. The summed E-state index contributed by atoms with van der Waals surface area (Å²) in [6.07, 6.45) is 5.22. The van der Waals surface area contributed by atoms with E-state index in [4.69, 9.17) is 0 Å². The summed E-state index contributed by atoms with van der Waals surface area (Å²) < 4.78 is 1.59. The fraction of sp³-hybridized carbons (Fsp3) is 0.200. The van der Waals surface area contributed by atoms with Crippen LogP contribution in [0.2, 0.25) is 0 Å². The molecule has 2 N–H and O–H groups in total. The smallest absolute Gasteiger partial charge is 0.332 e. The maximum Gasteiger partial charge on any atom is 0.332 e. The Morgan fingerprint density at radius 1 is 1.35 bits per heavy atom. The Labute approximate surface area is 130 Å². The Kier molecular flexibility index (Phi) is 2.90. The molecular weight excluding hydrogens is 298 g/mol. The van der Waals surface area contributed by atoms with E-state index in [1.54, 1.807) is 16.8 Å². The van der Waals surface area contributed by atoms with Crippen LogP contribution >= 0.6 is 0 Å². The molecule has 8 nitrogen and oxygen atoms in total. The van der Waals surface area contributed by atoms with Crippen LogP contribution < -0.4 is 0 Å². The SMILES string of the molecule is O=C(O)[C@H]1c2nc[nH]c2CCN1C(=O)c1cnn2ccccc12. The minimum absolute atomic E-state index is 0.315. The zero-order chi connectivity index (χ0) is 16.0. The predicted octanol–water partition coefficient (Wildman–Crippen LogP) is 0.882. The van der Waals surface area contributed by atoms with Crippen molar-refractivity contribution in [1.82, 2.24) is 24.5 Å². The first-order valence-electron chi connectivity index (χ1n) is 7.15. The van der Waals surface area contributed by atoms with Crippen molar-refractivity contribution in [3.05, 3.63) is 53.9 Å². The molecule has 0 aromatic carbocycles. The van der Waals surface area contributed by atoms with Gasteiger partial charge >= 0.3 is 5.97 Å². The number of nitrogens with one attached hydrogen (secondary N) is 1. The number of pyridine rings is 1. The van der Waals surface area contributed by atoms with Crippen LogP contribution in [0, 0.1) is 0 Å². The first kappa shape index (κ1) is 13.5. The Bertz CT molecular complexity index is 913. The van der Waals surface area contributed by atoms with E-state index in [2.05, 4.69) is 15.1 Å². The number of rotatable bonds is 2. The lowest BCUT2D eigenvalue weighted by Gasteiger charge is -2.32. The summed E-state index contributed by atoms with van der Waals surface area (Å²) in [5.41, 5.74) is 2.19. The summed E-state index contributed by atoms with van der Waals surface area (Å²) in [5.74, 6) is -1.45. The van der Waals surface area contributed by atoms with Crippen molar-refractivity contribution in [2.24, 2.45) is 0 Å². The number of carboxylic acid groups (broad SMARTS) is 1. The zero-order valence-electron chi connectivity index (χ0n) is 12.0. The third-order valence-electron chi connectivity index (χ3n) is 4.08. The molecule has 116 valence electrons. The molecule has 0 saturated heterocycles. The molecule has 4 rings (SSSR count). The average Bonchev–Trinajstić information content (AvgIpc) is 3.19. The molecule has 23 heavy (non-hydrogen) atoms. The number of fused-ring (bicyclic) bond motifs is 2. The number of imidazole rings is 1. The fourth-order valence-corrected chi connectivity index (χ4v) is 3.00. The summed E-state index contributed by atoms with van der Waals surface area (Å²) >= 11 is 0. The van der Waals surface area contributed by atoms with E-state index in [1.165, 1.54) is 17.4 Å². The lowest BCUT2D eigenvalue weighted by Crippen LogP contribution is -2.43.